The van der Waals surface area contributed by atoms with Gasteiger partial charge >= 0.3 is 0 Å². The lowest BCUT2D eigenvalue weighted by molar-refractivity contribution is -0.138. The number of amides is 1. The molecule has 22 heavy (non-hydrogen) atoms. The Kier molecular flexibility index (Phi) is 3.60. The second-order valence-electron chi connectivity index (χ2n) is 5.00. The van der Waals surface area contributed by atoms with Crippen LogP contribution in [0.5, 0.6) is 0 Å². The van der Waals surface area contributed by atoms with Crippen LogP contribution in [0.15, 0.2) is 47.1 Å². The Hall–Kier alpha value is -2.37. The first kappa shape index (κ1) is 14.6. The Morgan fingerprint density at radius 2 is 2.23 bits per heavy atom. The van der Waals surface area contributed by atoms with Gasteiger partial charge in [0.25, 0.3) is 5.91 Å². The Morgan fingerprint density at radius 3 is 2.95 bits per heavy atom. The molecule has 0 spiro atoms. The van der Waals surface area contributed by atoms with Crippen molar-refractivity contribution in [2.24, 2.45) is 0 Å². The highest BCUT2D eigenvalue weighted by Gasteiger charge is 2.46. The normalized spacial score (nSPS) is 20.2. The molecule has 1 aliphatic rings. The van der Waals surface area contributed by atoms with E-state index >= 15 is 0 Å². The van der Waals surface area contributed by atoms with Gasteiger partial charge in [0, 0.05) is 16.3 Å². The maximum atomic E-state index is 12.0. The predicted octanol–water partition coefficient (Wildman–Crippen LogP) is 2.75. The third-order valence-corrected chi connectivity index (χ3v) is 3.69. The van der Waals surface area contributed by atoms with Crippen LogP contribution in [0.4, 0.5) is 5.69 Å². The smallest absolute Gasteiger partial charge is 0.261 e. The van der Waals surface area contributed by atoms with E-state index < -0.39 is 17.3 Å². The Morgan fingerprint density at radius 1 is 1.41 bits per heavy atom. The van der Waals surface area contributed by atoms with E-state index in [-0.39, 0.29) is 6.42 Å². The molecule has 1 aliphatic heterocycles. The summed E-state index contributed by atoms with van der Waals surface area (Å²) in [5.74, 6) is -0.522. The molecule has 1 amide bonds. The summed E-state index contributed by atoms with van der Waals surface area (Å²) in [5, 5.41) is 13.5. The van der Waals surface area contributed by atoms with Gasteiger partial charge in [-0.15, -0.1) is 0 Å². The average molecular weight is 318 g/mol. The van der Waals surface area contributed by atoms with E-state index in [1.807, 2.05) is 0 Å². The van der Waals surface area contributed by atoms with Crippen LogP contribution >= 0.6 is 11.6 Å². The van der Waals surface area contributed by atoms with Crippen LogP contribution in [0.2, 0.25) is 5.02 Å². The van der Waals surface area contributed by atoms with E-state index in [1.165, 1.54) is 24.5 Å². The van der Waals surface area contributed by atoms with Gasteiger partial charge < -0.3 is 14.8 Å². The van der Waals surface area contributed by atoms with Crippen molar-refractivity contribution in [2.45, 2.75) is 12.0 Å². The van der Waals surface area contributed by atoms with Gasteiger partial charge in [-0.3, -0.25) is 9.59 Å². The number of benzene rings is 1. The number of anilines is 1. The van der Waals surface area contributed by atoms with Gasteiger partial charge in [0.05, 0.1) is 12.7 Å². The first-order valence-corrected chi connectivity index (χ1v) is 6.95. The van der Waals surface area contributed by atoms with Crippen molar-refractivity contribution in [1.29, 1.82) is 0 Å². The molecule has 1 aromatic heterocycles. The second kappa shape index (κ2) is 5.44. The molecule has 5 nitrogen and oxygen atoms in total. The number of halogens is 1. The number of hydrogen-bond donors (Lipinski definition) is 2. The van der Waals surface area contributed by atoms with Gasteiger partial charge in [-0.05, 0) is 42.5 Å². The summed E-state index contributed by atoms with van der Waals surface area (Å²) in [7, 11) is 0. The molecule has 0 aliphatic carbocycles. The lowest BCUT2D eigenvalue weighted by Crippen LogP contribution is -2.36. The molecule has 0 unspecified atom stereocenters. The Balaban J connectivity index is 1.83. The highest BCUT2D eigenvalue weighted by Crippen LogP contribution is 2.39. The molecule has 2 N–H and O–H groups in total. The number of fused-ring (bicyclic) bond motifs is 1. The van der Waals surface area contributed by atoms with E-state index in [0.29, 0.717) is 22.0 Å². The monoisotopic (exact) mass is 317 g/mol. The average Bonchev–Trinajstić information content (AvgIpc) is 3.06. The van der Waals surface area contributed by atoms with Crippen LogP contribution in [-0.2, 0) is 15.2 Å². The lowest BCUT2D eigenvalue weighted by atomic mass is 9.90. The fraction of sp³-hybridized carbons (Fsp3) is 0.125. The summed E-state index contributed by atoms with van der Waals surface area (Å²) in [6, 6.07) is 8.07. The van der Waals surface area contributed by atoms with Gasteiger partial charge in [0.15, 0.2) is 11.4 Å². The Bertz CT molecular complexity index is 766. The maximum Gasteiger partial charge on any atom is 0.261 e. The summed E-state index contributed by atoms with van der Waals surface area (Å²) in [6.45, 7) is 0. The predicted molar refractivity (Wildman–Crippen MR) is 81.3 cm³/mol. The largest absolute Gasteiger partial charge is 0.465 e. The number of aliphatic hydroxyl groups is 1. The zero-order chi connectivity index (χ0) is 15.7. The van der Waals surface area contributed by atoms with Crippen molar-refractivity contribution < 1.29 is 19.1 Å². The summed E-state index contributed by atoms with van der Waals surface area (Å²) < 4.78 is 5.07. The number of furan rings is 1. The van der Waals surface area contributed by atoms with Gasteiger partial charge in [0.2, 0.25) is 0 Å². The number of rotatable bonds is 4. The third-order valence-electron chi connectivity index (χ3n) is 3.46. The second-order valence-corrected chi connectivity index (χ2v) is 5.43. The highest BCUT2D eigenvalue weighted by molar-refractivity contribution is 6.31. The molecular formula is C16H12ClNO4. The molecule has 0 radical (unpaired) electrons. The zero-order valence-electron chi connectivity index (χ0n) is 11.4. The van der Waals surface area contributed by atoms with Crippen molar-refractivity contribution in [2.75, 3.05) is 5.32 Å². The molecule has 0 bridgehead atoms. The van der Waals surface area contributed by atoms with Gasteiger partial charge in [-0.1, -0.05) is 11.6 Å². The van der Waals surface area contributed by atoms with Crippen LogP contribution in [-0.4, -0.2) is 16.8 Å². The molecule has 1 atom stereocenters. The molecular weight excluding hydrogens is 306 g/mol. The van der Waals surface area contributed by atoms with Gasteiger partial charge in [-0.25, -0.2) is 0 Å². The molecule has 6 heteroatoms. The molecule has 0 saturated heterocycles. The SMILES string of the molecule is O=C(/C=C/c1ccco1)C[C@]1(O)C(=O)Nc2ccc(Cl)cc21. The van der Waals surface area contributed by atoms with E-state index in [9.17, 15) is 14.7 Å². The quantitative estimate of drug-likeness (QED) is 0.850. The Labute approximate surface area is 131 Å². The highest BCUT2D eigenvalue weighted by atomic mass is 35.5. The van der Waals surface area contributed by atoms with Gasteiger partial charge in [0.1, 0.15) is 5.76 Å². The van der Waals surface area contributed by atoms with E-state index in [2.05, 4.69) is 5.32 Å². The first-order valence-electron chi connectivity index (χ1n) is 6.57. The van der Waals surface area contributed by atoms with Crippen LogP contribution in [0.3, 0.4) is 0 Å². The number of carbonyl (C=O) groups is 2. The van der Waals surface area contributed by atoms with Crippen molar-refractivity contribution >= 4 is 35.1 Å². The van der Waals surface area contributed by atoms with Crippen molar-refractivity contribution in [3.63, 3.8) is 0 Å². The topological polar surface area (TPSA) is 79.5 Å². The van der Waals surface area contributed by atoms with Crippen molar-refractivity contribution in [3.8, 4) is 0 Å². The van der Waals surface area contributed by atoms with Crippen molar-refractivity contribution in [3.05, 3.63) is 59.0 Å². The molecule has 2 heterocycles. The van der Waals surface area contributed by atoms with Gasteiger partial charge in [-0.2, -0.15) is 0 Å². The first-order chi connectivity index (χ1) is 10.5. The van der Waals surface area contributed by atoms with E-state index in [0.717, 1.165) is 0 Å². The molecule has 1 aromatic carbocycles. The lowest BCUT2D eigenvalue weighted by Gasteiger charge is -2.19. The van der Waals surface area contributed by atoms with Crippen molar-refractivity contribution in [1.82, 2.24) is 0 Å². The van der Waals surface area contributed by atoms with Crippen LogP contribution in [0.25, 0.3) is 6.08 Å². The number of hydrogen-bond acceptors (Lipinski definition) is 4. The fourth-order valence-corrected chi connectivity index (χ4v) is 2.54. The third kappa shape index (κ3) is 2.56. The summed E-state index contributed by atoms with van der Waals surface area (Å²) >= 11 is 5.90. The summed E-state index contributed by atoms with van der Waals surface area (Å²) in [4.78, 5) is 24.1. The minimum Gasteiger partial charge on any atom is -0.465 e. The number of ketones is 1. The minimum atomic E-state index is -1.91. The molecule has 2 aromatic rings. The van der Waals surface area contributed by atoms with E-state index in [4.69, 9.17) is 16.0 Å². The molecule has 0 saturated carbocycles. The number of carbonyl (C=O) groups excluding carboxylic acids is 2. The van der Waals surface area contributed by atoms with Crippen LogP contribution in [0.1, 0.15) is 17.7 Å². The fourth-order valence-electron chi connectivity index (χ4n) is 2.36. The standard InChI is InChI=1S/C16H12ClNO4/c17-10-3-6-14-13(8-10)16(21,15(20)18-14)9-11(19)4-5-12-2-1-7-22-12/h1-8,21H,9H2,(H,18,20)/b5-4+/t16-/m1/s1. The zero-order valence-corrected chi connectivity index (χ0v) is 12.1. The van der Waals surface area contributed by atoms with Crippen LogP contribution < -0.4 is 5.32 Å². The molecule has 0 fully saturated rings. The number of nitrogens with one attached hydrogen (secondary N) is 1. The maximum absolute atomic E-state index is 12.0. The van der Waals surface area contributed by atoms with E-state index in [1.54, 1.807) is 24.3 Å². The summed E-state index contributed by atoms with van der Waals surface area (Å²) in [6.07, 6.45) is 3.87. The molecule has 112 valence electrons. The number of allylic oxidation sites excluding steroid dienone is 1. The minimum absolute atomic E-state index is 0.310. The van der Waals surface area contributed by atoms with Crippen LogP contribution in [0, 0.1) is 0 Å². The molecule has 3 rings (SSSR count). The summed E-state index contributed by atoms with van der Waals surface area (Å²) in [5.41, 5.74) is -1.14.